The molecule has 1 unspecified atom stereocenters. The predicted octanol–water partition coefficient (Wildman–Crippen LogP) is 4.28. The van der Waals surface area contributed by atoms with Gasteiger partial charge in [-0.2, -0.15) is 0 Å². The number of hydrogen-bond donors (Lipinski definition) is 1. The highest BCUT2D eigenvalue weighted by Crippen LogP contribution is 2.20. The van der Waals surface area contributed by atoms with Crippen molar-refractivity contribution in [3.63, 3.8) is 0 Å². The van der Waals surface area contributed by atoms with Gasteiger partial charge in [0.15, 0.2) is 6.10 Å². The van der Waals surface area contributed by atoms with Gasteiger partial charge in [0.25, 0.3) is 5.91 Å². The highest BCUT2D eigenvalue weighted by Gasteiger charge is 2.19. The highest BCUT2D eigenvalue weighted by molar-refractivity contribution is 6.30. The van der Waals surface area contributed by atoms with E-state index in [1.165, 1.54) is 12.1 Å². The number of anilines is 1. The topological polar surface area (TPSA) is 38.3 Å². The Morgan fingerprint density at radius 2 is 2.05 bits per heavy atom. The van der Waals surface area contributed by atoms with E-state index in [1.807, 2.05) is 6.92 Å². The Morgan fingerprint density at radius 3 is 2.71 bits per heavy atom. The third kappa shape index (κ3) is 4.20. The summed E-state index contributed by atoms with van der Waals surface area (Å²) < 4.78 is 19.1. The molecule has 2 aromatic carbocycles. The Bertz CT molecular complexity index is 633. The maximum Gasteiger partial charge on any atom is 0.265 e. The van der Waals surface area contributed by atoms with Crippen molar-refractivity contribution in [1.29, 1.82) is 0 Å². The lowest BCUT2D eigenvalue weighted by Gasteiger charge is -2.17. The van der Waals surface area contributed by atoms with Crippen molar-refractivity contribution in [2.45, 2.75) is 19.4 Å². The van der Waals surface area contributed by atoms with Crippen molar-refractivity contribution >= 4 is 23.2 Å². The fourth-order valence-electron chi connectivity index (χ4n) is 1.80. The molecule has 110 valence electrons. The summed E-state index contributed by atoms with van der Waals surface area (Å²) in [7, 11) is 0. The third-order valence-corrected chi connectivity index (χ3v) is 3.10. The number of halogens is 2. The first kappa shape index (κ1) is 15.3. The van der Waals surface area contributed by atoms with Gasteiger partial charge < -0.3 is 10.1 Å². The van der Waals surface area contributed by atoms with Crippen molar-refractivity contribution in [2.75, 3.05) is 5.32 Å². The second kappa shape index (κ2) is 7.09. The van der Waals surface area contributed by atoms with Gasteiger partial charge in [0.05, 0.1) is 5.69 Å². The number of carbonyl (C=O) groups excluding carboxylic acids is 1. The molecule has 2 aromatic rings. The van der Waals surface area contributed by atoms with Crippen LogP contribution in [-0.2, 0) is 4.79 Å². The van der Waals surface area contributed by atoms with E-state index in [0.717, 1.165) is 0 Å². The number of rotatable bonds is 5. The lowest BCUT2D eigenvalue weighted by Crippen LogP contribution is -2.32. The minimum atomic E-state index is -0.719. The van der Waals surface area contributed by atoms with Crippen molar-refractivity contribution in [3.05, 3.63) is 59.4 Å². The minimum absolute atomic E-state index is 0.135. The monoisotopic (exact) mass is 307 g/mol. The molecule has 3 nitrogen and oxygen atoms in total. The minimum Gasteiger partial charge on any atom is -0.481 e. The van der Waals surface area contributed by atoms with Crippen molar-refractivity contribution in [3.8, 4) is 5.75 Å². The van der Waals surface area contributed by atoms with E-state index in [9.17, 15) is 9.18 Å². The van der Waals surface area contributed by atoms with E-state index in [4.69, 9.17) is 16.3 Å². The van der Waals surface area contributed by atoms with Crippen LogP contribution in [0.1, 0.15) is 13.3 Å². The molecule has 21 heavy (non-hydrogen) atoms. The molecule has 0 fully saturated rings. The maximum atomic E-state index is 13.5. The number of ether oxygens (including phenoxy) is 1. The van der Waals surface area contributed by atoms with Gasteiger partial charge in [0, 0.05) is 5.02 Å². The maximum absolute atomic E-state index is 13.5. The van der Waals surface area contributed by atoms with Crippen molar-refractivity contribution < 1.29 is 13.9 Å². The van der Waals surface area contributed by atoms with Gasteiger partial charge in [-0.3, -0.25) is 4.79 Å². The number of hydrogen-bond acceptors (Lipinski definition) is 2. The van der Waals surface area contributed by atoms with Gasteiger partial charge >= 0.3 is 0 Å². The van der Waals surface area contributed by atoms with Crippen LogP contribution in [0.3, 0.4) is 0 Å². The molecule has 0 aliphatic carbocycles. The molecule has 0 heterocycles. The zero-order valence-corrected chi connectivity index (χ0v) is 12.2. The first-order chi connectivity index (χ1) is 10.1. The Kier molecular flexibility index (Phi) is 5.17. The molecule has 0 aliphatic heterocycles. The van der Waals surface area contributed by atoms with E-state index in [-0.39, 0.29) is 5.69 Å². The van der Waals surface area contributed by atoms with E-state index in [1.54, 1.807) is 36.4 Å². The molecule has 0 saturated heterocycles. The van der Waals surface area contributed by atoms with Gasteiger partial charge in [0.2, 0.25) is 0 Å². The first-order valence-electron chi connectivity index (χ1n) is 6.57. The molecular formula is C16H15ClFNO2. The first-order valence-corrected chi connectivity index (χ1v) is 6.95. The molecule has 0 saturated carbocycles. The van der Waals surface area contributed by atoms with Gasteiger partial charge in [-0.15, -0.1) is 0 Å². The summed E-state index contributed by atoms with van der Waals surface area (Å²) in [5, 5.41) is 3.05. The summed E-state index contributed by atoms with van der Waals surface area (Å²) in [4.78, 5) is 12.1. The number of amides is 1. The second-order valence-electron chi connectivity index (χ2n) is 4.44. The van der Waals surface area contributed by atoms with Gasteiger partial charge in [-0.05, 0) is 36.8 Å². The van der Waals surface area contributed by atoms with Crippen LogP contribution in [0.25, 0.3) is 0 Å². The van der Waals surface area contributed by atoms with Crippen molar-refractivity contribution in [1.82, 2.24) is 0 Å². The predicted molar refractivity (Wildman–Crippen MR) is 81.2 cm³/mol. The van der Waals surface area contributed by atoms with Crippen LogP contribution >= 0.6 is 11.6 Å². The SMILES string of the molecule is CCC(Oc1cccc(Cl)c1)C(=O)Nc1ccccc1F. The lowest BCUT2D eigenvalue weighted by atomic mass is 10.2. The zero-order chi connectivity index (χ0) is 15.2. The molecule has 0 aliphatic rings. The summed E-state index contributed by atoms with van der Waals surface area (Å²) in [6, 6.07) is 12.8. The number of benzene rings is 2. The average Bonchev–Trinajstić information content (AvgIpc) is 2.47. The molecule has 5 heteroatoms. The van der Waals surface area contributed by atoms with Crippen LogP contribution in [0, 0.1) is 5.82 Å². The lowest BCUT2D eigenvalue weighted by molar-refractivity contribution is -0.122. The van der Waals surface area contributed by atoms with Crippen molar-refractivity contribution in [2.24, 2.45) is 0 Å². The summed E-state index contributed by atoms with van der Waals surface area (Å²) in [5.41, 5.74) is 0.135. The Morgan fingerprint density at radius 1 is 1.29 bits per heavy atom. The molecular weight excluding hydrogens is 293 g/mol. The van der Waals surface area contributed by atoms with E-state index >= 15 is 0 Å². The van der Waals surface area contributed by atoms with Gasteiger partial charge in [-0.1, -0.05) is 36.7 Å². The molecule has 0 aromatic heterocycles. The fourth-order valence-corrected chi connectivity index (χ4v) is 1.98. The molecule has 0 spiro atoms. The van der Waals surface area contributed by atoms with Crippen LogP contribution < -0.4 is 10.1 Å². The zero-order valence-electron chi connectivity index (χ0n) is 11.5. The molecule has 1 atom stereocenters. The number of carbonyl (C=O) groups is 1. The average molecular weight is 308 g/mol. The molecule has 0 bridgehead atoms. The summed E-state index contributed by atoms with van der Waals surface area (Å²) in [5.74, 6) is -0.385. The van der Waals surface area contributed by atoms with E-state index < -0.39 is 17.8 Å². The summed E-state index contributed by atoms with van der Waals surface area (Å²) in [6.45, 7) is 1.82. The summed E-state index contributed by atoms with van der Waals surface area (Å²) in [6.07, 6.45) is -0.268. The standard InChI is InChI=1S/C16H15ClFNO2/c1-2-15(21-12-7-5-6-11(17)10-12)16(20)19-14-9-4-3-8-13(14)18/h3-10,15H,2H2,1H3,(H,19,20). The molecule has 0 radical (unpaired) electrons. The number of para-hydroxylation sites is 1. The Labute approximate surface area is 127 Å². The van der Waals surface area contributed by atoms with Gasteiger partial charge in [-0.25, -0.2) is 4.39 Å². The Balaban J connectivity index is 2.07. The normalized spacial score (nSPS) is 11.8. The fraction of sp³-hybridized carbons (Fsp3) is 0.188. The van der Waals surface area contributed by atoms with E-state index in [2.05, 4.69) is 5.32 Å². The molecule has 1 amide bonds. The van der Waals surface area contributed by atoms with Gasteiger partial charge in [0.1, 0.15) is 11.6 Å². The third-order valence-electron chi connectivity index (χ3n) is 2.87. The quantitative estimate of drug-likeness (QED) is 0.895. The highest BCUT2D eigenvalue weighted by atomic mass is 35.5. The van der Waals surface area contributed by atoms with Crippen LogP contribution in [0.15, 0.2) is 48.5 Å². The Hall–Kier alpha value is -2.07. The van der Waals surface area contributed by atoms with Crippen LogP contribution in [0.4, 0.5) is 10.1 Å². The number of nitrogens with one attached hydrogen (secondary N) is 1. The molecule has 2 rings (SSSR count). The van der Waals surface area contributed by atoms with Crippen LogP contribution in [-0.4, -0.2) is 12.0 Å². The molecule has 1 N–H and O–H groups in total. The second-order valence-corrected chi connectivity index (χ2v) is 4.88. The van der Waals surface area contributed by atoms with E-state index in [0.29, 0.717) is 17.2 Å². The smallest absolute Gasteiger partial charge is 0.265 e. The van der Waals surface area contributed by atoms with Crippen LogP contribution in [0.5, 0.6) is 5.75 Å². The largest absolute Gasteiger partial charge is 0.481 e. The van der Waals surface area contributed by atoms with Crippen LogP contribution in [0.2, 0.25) is 5.02 Å². The summed E-state index contributed by atoms with van der Waals surface area (Å²) >= 11 is 5.87.